The van der Waals surface area contributed by atoms with Crippen LogP contribution in [0.15, 0.2) is 35.1 Å². The maximum absolute atomic E-state index is 6.19. The zero-order valence-corrected chi connectivity index (χ0v) is 17.4. The van der Waals surface area contributed by atoms with Gasteiger partial charge in [0.05, 0.1) is 13.2 Å². The lowest BCUT2D eigenvalue weighted by Crippen LogP contribution is -2.56. The Morgan fingerprint density at radius 1 is 1.07 bits per heavy atom. The highest BCUT2D eigenvalue weighted by Crippen LogP contribution is 2.49. The fourth-order valence-corrected chi connectivity index (χ4v) is 5.94. The summed E-state index contributed by atoms with van der Waals surface area (Å²) in [5, 5.41) is 7.86. The fraction of sp³-hybridized carbons (Fsp3) is 0.652. The lowest BCUT2D eigenvalue weighted by molar-refractivity contribution is -0.0801. The first kappa shape index (κ1) is 18.6. The number of rotatable bonds is 5. The van der Waals surface area contributed by atoms with E-state index < -0.39 is 0 Å². The molecule has 1 aromatic carbocycles. The Morgan fingerprint density at radius 2 is 1.90 bits per heavy atom. The van der Waals surface area contributed by atoms with Crippen LogP contribution in [-0.4, -0.2) is 66.6 Å². The molecule has 1 spiro atoms. The number of ether oxygens (including phenoxy) is 2. The average molecular weight is 411 g/mol. The number of benzene rings is 1. The number of piperidine rings is 1. The molecule has 0 amide bonds. The van der Waals surface area contributed by atoms with E-state index >= 15 is 0 Å². The summed E-state index contributed by atoms with van der Waals surface area (Å²) in [6.45, 7) is 5.97. The van der Waals surface area contributed by atoms with E-state index in [0.717, 1.165) is 38.1 Å². The Labute approximate surface area is 177 Å². The second kappa shape index (κ2) is 7.54. The lowest BCUT2D eigenvalue weighted by atomic mass is 9.78. The van der Waals surface area contributed by atoms with Crippen molar-refractivity contribution in [1.29, 1.82) is 0 Å². The summed E-state index contributed by atoms with van der Waals surface area (Å²) < 4.78 is 16.8. The Bertz CT molecular complexity index is 855. The molecule has 1 saturated carbocycles. The molecule has 1 atom stereocenters. The van der Waals surface area contributed by atoms with Gasteiger partial charge >= 0.3 is 6.01 Å². The van der Waals surface area contributed by atoms with Gasteiger partial charge in [-0.05, 0) is 62.7 Å². The molecule has 3 saturated heterocycles. The summed E-state index contributed by atoms with van der Waals surface area (Å²) in [6.07, 6.45) is 8.05. The Balaban J connectivity index is 1.04. The summed E-state index contributed by atoms with van der Waals surface area (Å²) in [4.78, 5) is 4.98. The van der Waals surface area contributed by atoms with E-state index in [2.05, 4.69) is 44.3 Å². The van der Waals surface area contributed by atoms with Crippen LogP contribution in [-0.2, 0) is 4.74 Å². The molecule has 160 valence electrons. The standard InChI is InChI=1S/C23H30N4O3/c1-2-4-21(30-19-12-28-13-19)20(3-1)17-6-9-26(10-7-17)18-5-8-23(11-18)14-27(15-23)22-25-24-16-29-22/h1-4,16-19H,5-15H2/t18-/m1/s1. The second-order valence-corrected chi connectivity index (χ2v) is 9.60. The first-order chi connectivity index (χ1) is 14.8. The minimum atomic E-state index is 0.232. The molecule has 1 aliphatic carbocycles. The third kappa shape index (κ3) is 3.38. The summed E-state index contributed by atoms with van der Waals surface area (Å²) in [7, 11) is 0. The van der Waals surface area contributed by atoms with Crippen LogP contribution in [0.5, 0.6) is 5.75 Å². The highest BCUT2D eigenvalue weighted by atomic mass is 16.6. The third-order valence-electron chi connectivity index (χ3n) is 7.65. The molecular formula is C23H30N4O3. The number of hydrogen-bond acceptors (Lipinski definition) is 7. The minimum Gasteiger partial charge on any atom is -0.485 e. The number of likely N-dealkylation sites (tertiary alicyclic amines) is 1. The van der Waals surface area contributed by atoms with E-state index in [-0.39, 0.29) is 6.10 Å². The van der Waals surface area contributed by atoms with Crippen LogP contribution in [0.1, 0.15) is 43.6 Å². The van der Waals surface area contributed by atoms with Gasteiger partial charge in [0.1, 0.15) is 11.9 Å². The number of para-hydroxylation sites is 1. The van der Waals surface area contributed by atoms with Gasteiger partial charge in [-0.15, -0.1) is 5.10 Å². The molecular weight excluding hydrogens is 380 g/mol. The van der Waals surface area contributed by atoms with Crippen molar-refractivity contribution in [1.82, 2.24) is 15.1 Å². The Hall–Kier alpha value is -2.12. The molecule has 0 radical (unpaired) electrons. The maximum atomic E-state index is 6.19. The zero-order chi connectivity index (χ0) is 20.0. The molecule has 4 aliphatic rings. The topological polar surface area (TPSA) is 63.9 Å². The first-order valence-electron chi connectivity index (χ1n) is 11.4. The van der Waals surface area contributed by atoms with E-state index in [0.29, 0.717) is 17.3 Å². The van der Waals surface area contributed by atoms with Gasteiger partial charge in [0.15, 0.2) is 0 Å². The summed E-state index contributed by atoms with van der Waals surface area (Å²) >= 11 is 0. The van der Waals surface area contributed by atoms with Gasteiger partial charge in [-0.3, -0.25) is 0 Å². The average Bonchev–Trinajstić information content (AvgIpc) is 3.40. The van der Waals surface area contributed by atoms with E-state index in [4.69, 9.17) is 13.9 Å². The number of hydrogen-bond donors (Lipinski definition) is 0. The maximum Gasteiger partial charge on any atom is 0.317 e. The van der Waals surface area contributed by atoms with Crippen LogP contribution in [0.25, 0.3) is 0 Å². The highest BCUT2D eigenvalue weighted by Gasteiger charge is 2.50. The minimum absolute atomic E-state index is 0.232. The van der Waals surface area contributed by atoms with E-state index in [1.54, 1.807) is 0 Å². The molecule has 3 aliphatic heterocycles. The van der Waals surface area contributed by atoms with Crippen LogP contribution in [0, 0.1) is 5.41 Å². The van der Waals surface area contributed by atoms with Crippen molar-refractivity contribution in [2.75, 3.05) is 44.3 Å². The molecule has 6 rings (SSSR count). The Morgan fingerprint density at radius 3 is 2.63 bits per heavy atom. The van der Waals surface area contributed by atoms with Crippen molar-refractivity contribution in [2.24, 2.45) is 5.41 Å². The van der Waals surface area contributed by atoms with Crippen LogP contribution in [0.3, 0.4) is 0 Å². The summed E-state index contributed by atoms with van der Waals surface area (Å²) in [5.74, 6) is 1.67. The molecule has 7 nitrogen and oxygen atoms in total. The Kier molecular flexibility index (Phi) is 4.68. The lowest BCUT2D eigenvalue weighted by Gasteiger charge is -2.48. The van der Waals surface area contributed by atoms with Gasteiger partial charge in [0.25, 0.3) is 0 Å². The van der Waals surface area contributed by atoms with Crippen molar-refractivity contribution in [3.63, 3.8) is 0 Å². The highest BCUT2D eigenvalue weighted by molar-refractivity contribution is 5.37. The predicted octanol–water partition coefficient (Wildman–Crippen LogP) is 3.09. The first-order valence-corrected chi connectivity index (χ1v) is 11.4. The largest absolute Gasteiger partial charge is 0.485 e. The van der Waals surface area contributed by atoms with Crippen molar-refractivity contribution in [2.45, 2.75) is 50.2 Å². The van der Waals surface area contributed by atoms with Crippen molar-refractivity contribution in [3.8, 4) is 5.75 Å². The van der Waals surface area contributed by atoms with E-state index in [1.165, 1.54) is 57.2 Å². The monoisotopic (exact) mass is 410 g/mol. The molecule has 4 heterocycles. The molecule has 7 heteroatoms. The van der Waals surface area contributed by atoms with Gasteiger partial charge in [-0.1, -0.05) is 23.3 Å². The van der Waals surface area contributed by atoms with Crippen LogP contribution in [0.4, 0.5) is 6.01 Å². The number of nitrogens with zero attached hydrogens (tertiary/aromatic N) is 4. The van der Waals surface area contributed by atoms with Crippen molar-refractivity contribution >= 4 is 6.01 Å². The van der Waals surface area contributed by atoms with Crippen LogP contribution < -0.4 is 9.64 Å². The van der Waals surface area contributed by atoms with Gasteiger partial charge in [0.2, 0.25) is 6.39 Å². The zero-order valence-electron chi connectivity index (χ0n) is 17.4. The quantitative estimate of drug-likeness (QED) is 0.750. The van der Waals surface area contributed by atoms with Gasteiger partial charge in [-0.25, -0.2) is 0 Å². The molecule has 0 bridgehead atoms. The molecule has 2 aromatic rings. The molecule has 1 aromatic heterocycles. The summed E-state index contributed by atoms with van der Waals surface area (Å²) in [5.41, 5.74) is 1.85. The molecule has 4 fully saturated rings. The SMILES string of the molecule is c1ccc(C2CCN([C@@H]3CCC4(C3)CN(c3nnco3)C4)CC2)c(OC2COC2)c1. The van der Waals surface area contributed by atoms with Crippen LogP contribution in [0.2, 0.25) is 0 Å². The normalized spacial score (nSPS) is 27.2. The van der Waals surface area contributed by atoms with Gasteiger partial charge < -0.3 is 23.7 Å². The van der Waals surface area contributed by atoms with E-state index in [9.17, 15) is 0 Å². The predicted molar refractivity (Wildman–Crippen MR) is 112 cm³/mol. The van der Waals surface area contributed by atoms with Crippen LogP contribution >= 0.6 is 0 Å². The second-order valence-electron chi connectivity index (χ2n) is 9.60. The van der Waals surface area contributed by atoms with Crippen molar-refractivity contribution < 1.29 is 13.9 Å². The molecule has 0 N–H and O–H groups in total. The summed E-state index contributed by atoms with van der Waals surface area (Å²) in [6, 6.07) is 10.0. The third-order valence-corrected chi connectivity index (χ3v) is 7.65. The van der Waals surface area contributed by atoms with Gasteiger partial charge in [-0.2, -0.15) is 0 Å². The van der Waals surface area contributed by atoms with Gasteiger partial charge in [0, 0.05) is 24.5 Å². The van der Waals surface area contributed by atoms with E-state index in [1.807, 2.05) is 0 Å². The molecule has 0 unspecified atom stereocenters. The number of anilines is 1. The number of aromatic nitrogens is 2. The fourth-order valence-electron chi connectivity index (χ4n) is 5.94. The van der Waals surface area contributed by atoms with Crippen molar-refractivity contribution in [3.05, 3.63) is 36.2 Å². The smallest absolute Gasteiger partial charge is 0.317 e. The molecule has 30 heavy (non-hydrogen) atoms.